The summed E-state index contributed by atoms with van der Waals surface area (Å²) in [6.45, 7) is 0.856. The summed E-state index contributed by atoms with van der Waals surface area (Å²) >= 11 is 0. The highest BCUT2D eigenvalue weighted by molar-refractivity contribution is 7.91. The van der Waals surface area contributed by atoms with Gasteiger partial charge in [-0.25, -0.2) is 23.1 Å². The predicted molar refractivity (Wildman–Crippen MR) is 122 cm³/mol. The van der Waals surface area contributed by atoms with Gasteiger partial charge in [0.25, 0.3) is 0 Å². The maximum atomic E-state index is 12.2. The maximum Gasteiger partial charge on any atom is 0.203 e. The van der Waals surface area contributed by atoms with Crippen LogP contribution in [0.2, 0.25) is 0 Å². The second kappa shape index (κ2) is 8.05. The largest absolute Gasteiger partial charge is 0.297 e. The number of nitrogens with zero attached hydrogens (tertiary/aromatic N) is 8. The first-order chi connectivity index (χ1) is 16.1. The van der Waals surface area contributed by atoms with Crippen LogP contribution in [-0.2, 0) is 16.4 Å². The Kier molecular flexibility index (Phi) is 5.01. The first-order valence-electron chi connectivity index (χ1n) is 11.6. The molecule has 2 aliphatic rings. The summed E-state index contributed by atoms with van der Waals surface area (Å²) in [4.78, 5) is 9.28. The molecule has 1 atom stereocenters. The third kappa shape index (κ3) is 3.94. The maximum absolute atomic E-state index is 12.2. The lowest BCUT2D eigenvalue weighted by molar-refractivity contribution is 0.305. The van der Waals surface area contributed by atoms with Gasteiger partial charge in [0.2, 0.25) is 5.82 Å². The van der Waals surface area contributed by atoms with Crippen molar-refractivity contribution in [1.29, 1.82) is 0 Å². The fourth-order valence-electron chi connectivity index (χ4n) is 5.05. The number of sulfone groups is 1. The zero-order valence-electron chi connectivity index (χ0n) is 18.3. The lowest BCUT2D eigenvalue weighted by atomic mass is 9.89. The van der Waals surface area contributed by atoms with E-state index in [0.29, 0.717) is 29.7 Å². The summed E-state index contributed by atoms with van der Waals surface area (Å²) < 4.78 is 30.0. The number of fused-ring (bicyclic) bond motifs is 1. The number of aromatic nitrogens is 8. The molecule has 5 heterocycles. The van der Waals surface area contributed by atoms with Crippen molar-refractivity contribution in [3.8, 4) is 23.0 Å². The van der Waals surface area contributed by atoms with E-state index in [1.54, 1.807) is 10.9 Å². The Morgan fingerprint density at radius 2 is 1.97 bits per heavy atom. The fraction of sp³-hybridized carbons (Fsp3) is 0.500. The molecule has 2 fully saturated rings. The number of rotatable bonds is 5. The molecule has 0 bridgehead atoms. The Morgan fingerprint density at radius 1 is 1.09 bits per heavy atom. The molecule has 1 aliphatic carbocycles. The second-order valence-electron chi connectivity index (χ2n) is 9.16. The topological polar surface area (TPSA) is 113 Å². The highest BCUT2D eigenvalue weighted by Crippen LogP contribution is 2.31. The molecule has 4 aromatic rings. The number of hydrogen-bond acceptors (Lipinski definition) is 7. The van der Waals surface area contributed by atoms with E-state index < -0.39 is 9.84 Å². The zero-order valence-corrected chi connectivity index (χ0v) is 19.1. The van der Waals surface area contributed by atoms with Gasteiger partial charge in [-0.15, -0.1) is 10.2 Å². The third-order valence-corrected chi connectivity index (χ3v) is 8.52. The third-order valence-electron chi connectivity index (χ3n) is 6.77. The molecule has 11 heteroatoms. The van der Waals surface area contributed by atoms with Gasteiger partial charge in [-0.05, 0) is 37.3 Å². The molecule has 1 saturated carbocycles. The Morgan fingerprint density at radius 3 is 2.79 bits per heavy atom. The number of imidazole rings is 1. The van der Waals surface area contributed by atoms with Crippen molar-refractivity contribution in [2.24, 2.45) is 5.92 Å². The molecule has 4 aromatic heterocycles. The van der Waals surface area contributed by atoms with Crippen LogP contribution in [0.3, 0.4) is 0 Å². The monoisotopic (exact) mass is 466 g/mol. The summed E-state index contributed by atoms with van der Waals surface area (Å²) in [5, 5.41) is 13.4. The molecule has 10 nitrogen and oxygen atoms in total. The highest BCUT2D eigenvalue weighted by atomic mass is 32.2. The molecule has 0 spiro atoms. The van der Waals surface area contributed by atoms with Gasteiger partial charge in [0.15, 0.2) is 21.4 Å². The van der Waals surface area contributed by atoms with Gasteiger partial charge in [-0.3, -0.25) is 9.08 Å². The summed E-state index contributed by atoms with van der Waals surface area (Å²) in [6.07, 6.45) is 12.4. The Bertz CT molecular complexity index is 1400. The molecule has 0 aromatic carbocycles. The number of hydrogen-bond donors (Lipinski definition) is 0. The van der Waals surface area contributed by atoms with Gasteiger partial charge in [0.1, 0.15) is 11.3 Å². The van der Waals surface area contributed by atoms with E-state index in [0.717, 1.165) is 17.9 Å². The Hall–Kier alpha value is -3.08. The van der Waals surface area contributed by atoms with Gasteiger partial charge in [-0.2, -0.15) is 0 Å². The minimum atomic E-state index is -3.08. The molecule has 0 radical (unpaired) electrons. The van der Waals surface area contributed by atoms with Crippen molar-refractivity contribution >= 4 is 15.5 Å². The van der Waals surface area contributed by atoms with Crippen molar-refractivity contribution in [3.05, 3.63) is 36.8 Å². The van der Waals surface area contributed by atoms with Crippen LogP contribution >= 0.6 is 0 Å². The van der Waals surface area contributed by atoms with Gasteiger partial charge < -0.3 is 0 Å². The first-order valence-corrected chi connectivity index (χ1v) is 13.4. The predicted octanol–water partition coefficient (Wildman–Crippen LogP) is 2.79. The molecule has 1 saturated heterocycles. The van der Waals surface area contributed by atoms with Crippen molar-refractivity contribution in [3.63, 3.8) is 0 Å². The van der Waals surface area contributed by atoms with Crippen LogP contribution in [0.15, 0.2) is 36.8 Å². The molecule has 33 heavy (non-hydrogen) atoms. The van der Waals surface area contributed by atoms with Gasteiger partial charge in [0, 0.05) is 12.7 Å². The quantitative estimate of drug-likeness (QED) is 0.444. The van der Waals surface area contributed by atoms with Crippen molar-refractivity contribution in [2.45, 2.75) is 51.1 Å². The average Bonchev–Trinajstić information content (AvgIpc) is 3.59. The van der Waals surface area contributed by atoms with Crippen molar-refractivity contribution < 1.29 is 8.42 Å². The molecule has 1 aliphatic heterocycles. The van der Waals surface area contributed by atoms with E-state index in [1.807, 2.05) is 39.7 Å². The van der Waals surface area contributed by atoms with Gasteiger partial charge in [0.05, 0.1) is 29.9 Å². The van der Waals surface area contributed by atoms with E-state index >= 15 is 0 Å². The SMILES string of the molecule is O=S1(=O)CCC(n2nc(-c3cn(CC4CCCCC4)nn3)nc2-c2cnc3ccccn23)C1. The highest BCUT2D eigenvalue weighted by Gasteiger charge is 2.33. The normalized spacial score (nSPS) is 21.2. The van der Waals surface area contributed by atoms with E-state index in [4.69, 9.17) is 10.1 Å². The standard InChI is InChI=1S/C22H26N8O2S/c31-33(32)11-9-17(15-33)30-22(19-12-23-20-8-4-5-10-29(19)20)24-21(26-30)18-14-28(27-25-18)13-16-6-2-1-3-7-16/h4-5,8,10,12,14,16-17H,1-3,6-7,9,11,13,15H2. The Balaban J connectivity index is 1.38. The molecular formula is C22H26N8O2S. The van der Waals surface area contributed by atoms with E-state index in [9.17, 15) is 8.42 Å². The second-order valence-corrected chi connectivity index (χ2v) is 11.4. The van der Waals surface area contributed by atoms with Crippen LogP contribution in [0, 0.1) is 5.92 Å². The van der Waals surface area contributed by atoms with Crippen molar-refractivity contribution in [1.82, 2.24) is 39.1 Å². The van der Waals surface area contributed by atoms with Crippen LogP contribution in [0.25, 0.3) is 28.7 Å². The van der Waals surface area contributed by atoms with Crippen LogP contribution in [-0.4, -0.2) is 59.1 Å². The average molecular weight is 467 g/mol. The zero-order chi connectivity index (χ0) is 22.4. The van der Waals surface area contributed by atoms with Crippen LogP contribution in [0.1, 0.15) is 44.6 Å². The van der Waals surface area contributed by atoms with E-state index in [2.05, 4.69) is 15.3 Å². The van der Waals surface area contributed by atoms with Gasteiger partial charge in [-0.1, -0.05) is 30.5 Å². The molecule has 0 N–H and O–H groups in total. The molecule has 172 valence electrons. The molecule has 0 amide bonds. The Labute approximate surface area is 191 Å². The smallest absolute Gasteiger partial charge is 0.203 e. The summed E-state index contributed by atoms with van der Waals surface area (Å²) in [5.74, 6) is 1.91. The summed E-state index contributed by atoms with van der Waals surface area (Å²) in [5.41, 5.74) is 2.16. The van der Waals surface area contributed by atoms with Crippen molar-refractivity contribution in [2.75, 3.05) is 11.5 Å². The number of pyridine rings is 1. The summed E-state index contributed by atoms with van der Waals surface area (Å²) in [6, 6.07) is 5.51. The molecular weight excluding hydrogens is 440 g/mol. The van der Waals surface area contributed by atoms with E-state index in [-0.39, 0.29) is 17.5 Å². The van der Waals surface area contributed by atoms with Crippen LogP contribution < -0.4 is 0 Å². The van der Waals surface area contributed by atoms with E-state index in [1.165, 1.54) is 32.1 Å². The van der Waals surface area contributed by atoms with Crippen LogP contribution in [0.4, 0.5) is 0 Å². The van der Waals surface area contributed by atoms with Gasteiger partial charge >= 0.3 is 0 Å². The fourth-order valence-corrected chi connectivity index (χ4v) is 6.74. The molecule has 6 rings (SSSR count). The minimum Gasteiger partial charge on any atom is -0.297 e. The van der Waals surface area contributed by atoms with Crippen LogP contribution in [0.5, 0.6) is 0 Å². The molecule has 1 unspecified atom stereocenters. The summed E-state index contributed by atoms with van der Waals surface area (Å²) in [7, 11) is -3.08. The first kappa shape index (κ1) is 20.5. The minimum absolute atomic E-state index is 0.0634. The lowest BCUT2D eigenvalue weighted by Crippen LogP contribution is -2.14. The lowest BCUT2D eigenvalue weighted by Gasteiger charge is -2.20.